The highest BCUT2D eigenvalue weighted by Crippen LogP contribution is 2.23. The molecule has 4 heteroatoms. The standard InChI is InChI=1S/C14H12N4/c1-9(2)10(3)18-14-5-11(6-15)4-12(7-16)13(14)8-17-18/h4-5,8H,1-3H3. The Morgan fingerprint density at radius 1 is 1.17 bits per heavy atom. The summed E-state index contributed by atoms with van der Waals surface area (Å²) in [6, 6.07) is 7.53. The zero-order valence-electron chi connectivity index (χ0n) is 10.5. The van der Waals surface area contributed by atoms with Crippen LogP contribution in [0.4, 0.5) is 0 Å². The summed E-state index contributed by atoms with van der Waals surface area (Å²) in [6.07, 6.45) is 1.67. The van der Waals surface area contributed by atoms with Crippen molar-refractivity contribution in [2.75, 3.05) is 0 Å². The highest BCUT2D eigenvalue weighted by atomic mass is 15.3. The van der Waals surface area contributed by atoms with Gasteiger partial charge in [0.25, 0.3) is 0 Å². The van der Waals surface area contributed by atoms with E-state index in [0.29, 0.717) is 11.1 Å². The predicted octanol–water partition coefficient (Wildman–Crippen LogP) is 3.05. The van der Waals surface area contributed by atoms with Gasteiger partial charge in [0.05, 0.1) is 35.0 Å². The van der Waals surface area contributed by atoms with Crippen LogP contribution in [0.5, 0.6) is 0 Å². The third-order valence-electron chi connectivity index (χ3n) is 2.98. The van der Waals surface area contributed by atoms with Gasteiger partial charge >= 0.3 is 0 Å². The van der Waals surface area contributed by atoms with E-state index in [9.17, 15) is 0 Å². The predicted molar refractivity (Wildman–Crippen MR) is 69.4 cm³/mol. The Bertz CT molecular complexity index is 731. The van der Waals surface area contributed by atoms with Crippen LogP contribution < -0.4 is 0 Å². The first-order valence-electron chi connectivity index (χ1n) is 5.55. The molecule has 88 valence electrons. The van der Waals surface area contributed by atoms with Crippen LogP contribution in [0.25, 0.3) is 16.6 Å². The zero-order valence-corrected chi connectivity index (χ0v) is 10.5. The second-order valence-corrected chi connectivity index (χ2v) is 4.32. The van der Waals surface area contributed by atoms with E-state index in [1.165, 1.54) is 0 Å². The molecule has 0 bridgehead atoms. The number of nitrogens with zero attached hydrogens (tertiary/aromatic N) is 4. The maximum Gasteiger partial charge on any atom is 0.0999 e. The average Bonchev–Trinajstić information content (AvgIpc) is 2.79. The summed E-state index contributed by atoms with van der Waals surface area (Å²) in [6.45, 7) is 5.97. The van der Waals surface area contributed by atoms with E-state index in [2.05, 4.69) is 17.2 Å². The van der Waals surface area contributed by atoms with Gasteiger partial charge in [0.2, 0.25) is 0 Å². The minimum Gasteiger partial charge on any atom is -0.237 e. The fourth-order valence-corrected chi connectivity index (χ4v) is 1.76. The minimum absolute atomic E-state index is 0.474. The summed E-state index contributed by atoms with van der Waals surface area (Å²) in [5, 5.41) is 23.2. The van der Waals surface area contributed by atoms with Crippen molar-refractivity contribution in [3.8, 4) is 12.1 Å². The lowest BCUT2D eigenvalue weighted by Gasteiger charge is -2.06. The van der Waals surface area contributed by atoms with E-state index >= 15 is 0 Å². The molecule has 0 spiro atoms. The maximum atomic E-state index is 9.10. The number of rotatable bonds is 1. The molecule has 1 aromatic carbocycles. The van der Waals surface area contributed by atoms with Gasteiger partial charge in [-0.15, -0.1) is 0 Å². The smallest absolute Gasteiger partial charge is 0.0999 e. The van der Waals surface area contributed by atoms with Gasteiger partial charge in [-0.2, -0.15) is 15.6 Å². The van der Waals surface area contributed by atoms with Crippen molar-refractivity contribution in [1.82, 2.24) is 9.78 Å². The number of hydrogen-bond acceptors (Lipinski definition) is 3. The number of benzene rings is 1. The second-order valence-electron chi connectivity index (χ2n) is 4.32. The molecule has 1 aromatic heterocycles. The third-order valence-corrected chi connectivity index (χ3v) is 2.98. The van der Waals surface area contributed by atoms with Crippen LogP contribution in [-0.4, -0.2) is 9.78 Å². The Labute approximate surface area is 105 Å². The van der Waals surface area contributed by atoms with Crippen molar-refractivity contribution >= 4 is 16.6 Å². The highest BCUT2D eigenvalue weighted by Gasteiger charge is 2.10. The molecule has 0 aliphatic rings. The van der Waals surface area contributed by atoms with Crippen molar-refractivity contribution in [1.29, 1.82) is 10.5 Å². The van der Waals surface area contributed by atoms with E-state index in [4.69, 9.17) is 10.5 Å². The first-order valence-corrected chi connectivity index (χ1v) is 5.55. The van der Waals surface area contributed by atoms with Gasteiger partial charge in [0, 0.05) is 11.1 Å². The Kier molecular flexibility index (Phi) is 2.87. The maximum absolute atomic E-state index is 9.10. The normalized spacial score (nSPS) is 9.83. The Hall–Kier alpha value is -2.59. The van der Waals surface area contributed by atoms with Crippen molar-refractivity contribution in [3.63, 3.8) is 0 Å². The molecule has 0 saturated carbocycles. The minimum atomic E-state index is 0.474. The van der Waals surface area contributed by atoms with Crippen molar-refractivity contribution in [2.45, 2.75) is 20.8 Å². The SMILES string of the molecule is CC(C)=C(C)n1ncc2c(C#N)cc(C#N)cc21. The first kappa shape index (κ1) is 11.9. The fraction of sp³-hybridized carbons (Fsp3) is 0.214. The Balaban J connectivity index is 2.86. The number of hydrogen-bond donors (Lipinski definition) is 0. The molecule has 18 heavy (non-hydrogen) atoms. The lowest BCUT2D eigenvalue weighted by Crippen LogP contribution is -1.97. The largest absolute Gasteiger partial charge is 0.237 e. The van der Waals surface area contributed by atoms with Crippen LogP contribution in [0.2, 0.25) is 0 Å². The van der Waals surface area contributed by atoms with Gasteiger partial charge in [0.15, 0.2) is 0 Å². The first-order chi connectivity index (χ1) is 8.58. The van der Waals surface area contributed by atoms with E-state index in [0.717, 1.165) is 22.2 Å². The molecule has 0 aliphatic carbocycles. The third kappa shape index (κ3) is 1.74. The average molecular weight is 236 g/mol. The molecule has 0 aliphatic heterocycles. The molecule has 0 saturated heterocycles. The second kappa shape index (κ2) is 4.35. The van der Waals surface area contributed by atoms with Crippen LogP contribution in [0, 0.1) is 22.7 Å². The van der Waals surface area contributed by atoms with Gasteiger partial charge in [-0.05, 0) is 32.9 Å². The van der Waals surface area contributed by atoms with E-state index in [1.807, 2.05) is 20.8 Å². The Morgan fingerprint density at radius 3 is 2.44 bits per heavy atom. The lowest BCUT2D eigenvalue weighted by atomic mass is 10.1. The molecule has 0 fully saturated rings. The summed E-state index contributed by atoms with van der Waals surface area (Å²) in [7, 11) is 0. The molecule has 0 atom stereocenters. The van der Waals surface area contributed by atoms with Crippen LogP contribution in [0.15, 0.2) is 23.9 Å². The monoisotopic (exact) mass is 236 g/mol. The molecule has 2 rings (SSSR count). The molecule has 4 nitrogen and oxygen atoms in total. The van der Waals surface area contributed by atoms with Crippen LogP contribution in [0.1, 0.15) is 31.9 Å². The topological polar surface area (TPSA) is 65.4 Å². The number of allylic oxidation sites excluding steroid dienone is 2. The van der Waals surface area contributed by atoms with Gasteiger partial charge in [-0.3, -0.25) is 0 Å². The molecule has 0 unspecified atom stereocenters. The van der Waals surface area contributed by atoms with Crippen molar-refractivity contribution in [3.05, 3.63) is 35.0 Å². The van der Waals surface area contributed by atoms with Crippen LogP contribution >= 0.6 is 0 Å². The zero-order chi connectivity index (χ0) is 13.3. The van der Waals surface area contributed by atoms with E-state index in [1.54, 1.807) is 23.0 Å². The summed E-state index contributed by atoms with van der Waals surface area (Å²) >= 11 is 0. The van der Waals surface area contributed by atoms with Crippen molar-refractivity contribution < 1.29 is 0 Å². The summed E-state index contributed by atoms with van der Waals surface area (Å²) in [4.78, 5) is 0. The fourth-order valence-electron chi connectivity index (χ4n) is 1.76. The van der Waals surface area contributed by atoms with E-state index in [-0.39, 0.29) is 0 Å². The number of fused-ring (bicyclic) bond motifs is 1. The van der Waals surface area contributed by atoms with Gasteiger partial charge in [0.1, 0.15) is 0 Å². The molecule has 0 N–H and O–H groups in total. The molecule has 1 heterocycles. The van der Waals surface area contributed by atoms with E-state index < -0.39 is 0 Å². The number of nitriles is 2. The Morgan fingerprint density at radius 2 is 1.89 bits per heavy atom. The van der Waals surface area contributed by atoms with Crippen LogP contribution in [-0.2, 0) is 0 Å². The van der Waals surface area contributed by atoms with Crippen LogP contribution in [0.3, 0.4) is 0 Å². The van der Waals surface area contributed by atoms with Gasteiger partial charge in [-0.1, -0.05) is 5.57 Å². The molecule has 0 radical (unpaired) electrons. The summed E-state index contributed by atoms with van der Waals surface area (Å²) in [5.74, 6) is 0. The quantitative estimate of drug-likeness (QED) is 0.764. The molecule has 0 amide bonds. The number of aromatic nitrogens is 2. The van der Waals surface area contributed by atoms with Gasteiger partial charge < -0.3 is 0 Å². The van der Waals surface area contributed by atoms with Gasteiger partial charge in [-0.25, -0.2) is 4.68 Å². The molecule has 2 aromatic rings. The summed E-state index contributed by atoms with van der Waals surface area (Å²) < 4.78 is 1.77. The molecular weight excluding hydrogens is 224 g/mol. The molecular formula is C14H12N4. The van der Waals surface area contributed by atoms with Crippen molar-refractivity contribution in [2.24, 2.45) is 0 Å². The lowest BCUT2D eigenvalue weighted by molar-refractivity contribution is 0.914. The summed E-state index contributed by atoms with van der Waals surface area (Å²) in [5.41, 5.74) is 3.90. The highest BCUT2D eigenvalue weighted by molar-refractivity contribution is 5.88.